The number of hydrogen-bond acceptors (Lipinski definition) is 10. The zero-order chi connectivity index (χ0) is 39.0. The molecular formula is C40H50FN4O8P. The van der Waals surface area contributed by atoms with Crippen LogP contribution in [0.2, 0.25) is 0 Å². The molecule has 290 valence electrons. The van der Waals surface area contributed by atoms with Crippen LogP contribution in [0.1, 0.15) is 57.7 Å². The van der Waals surface area contributed by atoms with Crippen LogP contribution < -0.4 is 14.8 Å². The minimum Gasteiger partial charge on any atom is -0.497 e. The third-order valence-electron chi connectivity index (χ3n) is 9.49. The second-order valence-electron chi connectivity index (χ2n) is 13.8. The molecule has 2 aliphatic heterocycles. The molecule has 3 amide bonds. The van der Waals surface area contributed by atoms with Crippen molar-refractivity contribution in [3.05, 3.63) is 95.6 Å². The third kappa shape index (κ3) is 8.86. The summed E-state index contributed by atoms with van der Waals surface area (Å²) in [4.78, 5) is 26.7. The van der Waals surface area contributed by atoms with Gasteiger partial charge in [0.1, 0.15) is 29.3 Å². The molecule has 0 radical (unpaired) electrons. The second kappa shape index (κ2) is 18.5. The van der Waals surface area contributed by atoms with Crippen LogP contribution in [0.4, 0.5) is 9.18 Å². The van der Waals surface area contributed by atoms with Crippen molar-refractivity contribution in [2.75, 3.05) is 34.0 Å². The first-order valence-electron chi connectivity index (χ1n) is 18.1. The van der Waals surface area contributed by atoms with Crippen LogP contribution in [-0.2, 0) is 28.9 Å². The van der Waals surface area contributed by atoms with E-state index in [2.05, 4.69) is 11.4 Å². The van der Waals surface area contributed by atoms with Crippen LogP contribution in [0.25, 0.3) is 0 Å². The number of carbonyl (C=O) groups is 2. The maximum atomic E-state index is 17.1. The number of imide groups is 1. The lowest BCUT2D eigenvalue weighted by atomic mass is 9.80. The predicted molar refractivity (Wildman–Crippen MR) is 201 cm³/mol. The van der Waals surface area contributed by atoms with E-state index >= 15 is 4.39 Å². The molecule has 2 saturated heterocycles. The van der Waals surface area contributed by atoms with Gasteiger partial charge >= 0.3 is 6.03 Å². The summed E-state index contributed by atoms with van der Waals surface area (Å²) < 4.78 is 56.5. The van der Waals surface area contributed by atoms with Crippen LogP contribution in [0.5, 0.6) is 11.5 Å². The lowest BCUT2D eigenvalue weighted by molar-refractivity contribution is -0.131. The number of carbonyl (C=O) groups excluding carboxylic acids is 2. The number of amides is 3. The summed E-state index contributed by atoms with van der Waals surface area (Å²) in [7, 11) is 1.27. The van der Waals surface area contributed by atoms with E-state index in [9.17, 15) is 14.9 Å². The molecular weight excluding hydrogens is 714 g/mol. The van der Waals surface area contributed by atoms with E-state index in [0.717, 1.165) is 16.7 Å². The standard InChI is InChI=1S/C40H50FN4O8P/c1-26(2)45(27(3)4)54(51-23-11-22-42)53-36-34(52-38(35(36)41)44-24-28(5)37(46)43-39(44)47)25-50-40(29-12-9-8-10-13-29,30-14-18-32(48-6)19-15-30)31-16-20-33(49-7)21-17-31/h8-10,12-21,26-28,34-36,38H,11,23-25H2,1-7H3,(H,43,46,47)/t28?,34-,35+,36-,38-,54?/m1/s1. The monoisotopic (exact) mass is 764 g/mol. The van der Waals surface area contributed by atoms with Crippen LogP contribution in [0, 0.1) is 17.2 Å². The molecule has 0 spiro atoms. The average molecular weight is 765 g/mol. The molecule has 0 saturated carbocycles. The first-order valence-corrected chi connectivity index (χ1v) is 19.2. The molecule has 0 aliphatic carbocycles. The van der Waals surface area contributed by atoms with Crippen molar-refractivity contribution in [1.29, 1.82) is 5.26 Å². The molecule has 2 fully saturated rings. The average Bonchev–Trinajstić information content (AvgIpc) is 3.47. The largest absolute Gasteiger partial charge is 0.497 e. The van der Waals surface area contributed by atoms with Crippen molar-refractivity contribution in [1.82, 2.24) is 14.9 Å². The van der Waals surface area contributed by atoms with Gasteiger partial charge in [-0.1, -0.05) is 61.5 Å². The van der Waals surface area contributed by atoms with Crippen molar-refractivity contribution >= 4 is 20.5 Å². The van der Waals surface area contributed by atoms with E-state index in [1.54, 1.807) is 21.1 Å². The molecule has 6 atom stereocenters. The van der Waals surface area contributed by atoms with Crippen LogP contribution >= 0.6 is 8.53 Å². The van der Waals surface area contributed by atoms with E-state index < -0.39 is 56.6 Å². The number of rotatable bonds is 17. The normalized spacial score (nSPS) is 22.4. The molecule has 0 bridgehead atoms. The smallest absolute Gasteiger partial charge is 0.326 e. The fourth-order valence-corrected chi connectivity index (χ4v) is 8.63. The highest BCUT2D eigenvalue weighted by molar-refractivity contribution is 7.44. The van der Waals surface area contributed by atoms with Crippen molar-refractivity contribution < 1.29 is 42.0 Å². The van der Waals surface area contributed by atoms with Gasteiger partial charge in [-0.05, 0) is 68.7 Å². The second-order valence-corrected chi connectivity index (χ2v) is 15.2. The fraction of sp³-hybridized carbons (Fsp3) is 0.475. The van der Waals surface area contributed by atoms with Gasteiger partial charge in [0.25, 0.3) is 8.53 Å². The number of benzene rings is 3. The zero-order valence-electron chi connectivity index (χ0n) is 31.8. The summed E-state index contributed by atoms with van der Waals surface area (Å²) in [6, 6.07) is 26.0. The van der Waals surface area contributed by atoms with E-state index in [-0.39, 0.29) is 38.3 Å². The van der Waals surface area contributed by atoms with Gasteiger partial charge in [0, 0.05) is 18.6 Å². The van der Waals surface area contributed by atoms with Crippen LogP contribution in [0.15, 0.2) is 78.9 Å². The van der Waals surface area contributed by atoms with E-state index in [1.165, 1.54) is 4.90 Å². The molecule has 54 heavy (non-hydrogen) atoms. The molecule has 3 aromatic rings. The number of urea groups is 1. The number of nitriles is 1. The Morgan fingerprint density at radius 1 is 0.944 bits per heavy atom. The van der Waals surface area contributed by atoms with E-state index in [1.807, 2.05) is 111 Å². The Hall–Kier alpha value is -4.15. The highest BCUT2D eigenvalue weighted by Gasteiger charge is 2.54. The van der Waals surface area contributed by atoms with Gasteiger partial charge in [0.15, 0.2) is 12.4 Å². The number of halogens is 1. The minimum absolute atomic E-state index is 0.0424. The van der Waals surface area contributed by atoms with Gasteiger partial charge in [0.2, 0.25) is 5.91 Å². The van der Waals surface area contributed by atoms with Gasteiger partial charge < -0.3 is 28.0 Å². The van der Waals surface area contributed by atoms with Gasteiger partial charge in [0.05, 0.1) is 45.8 Å². The first-order chi connectivity index (χ1) is 25.9. The van der Waals surface area contributed by atoms with Crippen molar-refractivity contribution in [2.24, 2.45) is 5.92 Å². The number of methoxy groups -OCH3 is 2. The highest BCUT2D eigenvalue weighted by Crippen LogP contribution is 2.50. The van der Waals surface area contributed by atoms with Crippen molar-refractivity contribution in [3.8, 4) is 17.6 Å². The maximum Gasteiger partial charge on any atom is 0.326 e. The summed E-state index contributed by atoms with van der Waals surface area (Å²) in [5, 5.41) is 11.6. The number of ether oxygens (including phenoxy) is 4. The highest BCUT2D eigenvalue weighted by atomic mass is 31.2. The maximum absolute atomic E-state index is 17.1. The van der Waals surface area contributed by atoms with E-state index in [0.29, 0.717) is 11.5 Å². The number of alkyl halides is 1. The van der Waals surface area contributed by atoms with Crippen molar-refractivity contribution in [3.63, 3.8) is 0 Å². The summed E-state index contributed by atoms with van der Waals surface area (Å²) in [5.41, 5.74) is 1.06. The van der Waals surface area contributed by atoms with Crippen LogP contribution in [0.3, 0.4) is 0 Å². The molecule has 12 nitrogen and oxygen atoms in total. The third-order valence-corrected chi connectivity index (χ3v) is 11.6. The Morgan fingerprint density at radius 2 is 1.50 bits per heavy atom. The van der Waals surface area contributed by atoms with Gasteiger partial charge in [-0.3, -0.25) is 15.0 Å². The summed E-state index contributed by atoms with van der Waals surface area (Å²) in [6.07, 6.45) is -5.47. The fourth-order valence-electron chi connectivity index (χ4n) is 6.87. The molecule has 2 unspecified atom stereocenters. The molecule has 3 aromatic carbocycles. The zero-order valence-corrected chi connectivity index (χ0v) is 32.7. The molecule has 14 heteroatoms. The first kappa shape index (κ1) is 41.0. The topological polar surface area (TPSA) is 132 Å². The lowest BCUT2D eigenvalue weighted by Gasteiger charge is -2.39. The summed E-state index contributed by atoms with van der Waals surface area (Å²) in [5.74, 6) is 0.280. The molecule has 1 N–H and O–H groups in total. The number of nitrogens with one attached hydrogen (secondary N) is 1. The van der Waals surface area contributed by atoms with E-state index in [4.69, 9.17) is 28.0 Å². The minimum atomic E-state index is -1.92. The Balaban J connectivity index is 1.60. The summed E-state index contributed by atoms with van der Waals surface area (Å²) >= 11 is 0. The molecule has 5 rings (SSSR count). The Kier molecular flexibility index (Phi) is 14.0. The van der Waals surface area contributed by atoms with Gasteiger partial charge in [-0.25, -0.2) is 13.9 Å². The molecule has 2 aliphatic rings. The van der Waals surface area contributed by atoms with Gasteiger partial charge in [-0.15, -0.1) is 0 Å². The number of nitrogens with zero attached hydrogens (tertiary/aromatic N) is 3. The van der Waals surface area contributed by atoms with Crippen molar-refractivity contribution in [2.45, 2.75) is 83.3 Å². The Bertz CT molecular complexity index is 1670. The summed E-state index contributed by atoms with van der Waals surface area (Å²) in [6.45, 7) is 9.46. The SMILES string of the molecule is COc1ccc(C(OC[C@H]2O[C@@H](N3CC(C)C(=O)NC3=O)[C@@H](F)[C@@H]2OP(OCCC#N)N(C(C)C)C(C)C)(c2ccccc2)c2ccc(OC)cc2)cc1. The quantitative estimate of drug-likeness (QED) is 0.0878. The number of hydrogen-bond donors (Lipinski definition) is 1. The predicted octanol–water partition coefficient (Wildman–Crippen LogP) is 6.92. The van der Waals surface area contributed by atoms with Crippen LogP contribution in [-0.4, -0.2) is 92.2 Å². The lowest BCUT2D eigenvalue weighted by Crippen LogP contribution is -2.59. The Labute approximate surface area is 318 Å². The van der Waals surface area contributed by atoms with Gasteiger partial charge in [-0.2, -0.15) is 5.26 Å². The molecule has 2 heterocycles. The Morgan fingerprint density at radius 3 is 2.02 bits per heavy atom. The molecule has 0 aromatic heterocycles.